The van der Waals surface area contributed by atoms with Crippen LogP contribution in [-0.2, 0) is 9.47 Å². The van der Waals surface area contributed by atoms with Gasteiger partial charge in [0, 0.05) is 19.7 Å². The molecule has 0 amide bonds. The van der Waals surface area contributed by atoms with E-state index < -0.39 is 6.10 Å². The van der Waals surface area contributed by atoms with E-state index in [1.807, 2.05) is 44.2 Å². The maximum absolute atomic E-state index is 10.2. The fourth-order valence-electron chi connectivity index (χ4n) is 3.43. The largest absolute Gasteiger partial charge is 0.389 e. The van der Waals surface area contributed by atoms with Crippen LogP contribution in [0.2, 0.25) is 0 Å². The lowest BCUT2D eigenvalue weighted by Crippen LogP contribution is -2.39. The fourth-order valence-corrected chi connectivity index (χ4v) is 3.43. The number of benzene rings is 1. The summed E-state index contributed by atoms with van der Waals surface area (Å²) in [6, 6.07) is 10.0. The molecule has 1 aliphatic carbocycles. The highest BCUT2D eigenvalue weighted by molar-refractivity contribution is 14.0. The second-order valence-electron chi connectivity index (χ2n) is 7.67. The van der Waals surface area contributed by atoms with E-state index in [2.05, 4.69) is 15.6 Å². The molecule has 2 rings (SSSR count). The Balaban J connectivity index is 0.00000450. The van der Waals surface area contributed by atoms with Gasteiger partial charge in [-0.25, -0.2) is 0 Å². The number of guanidine groups is 1. The summed E-state index contributed by atoms with van der Waals surface area (Å²) in [7, 11) is 0. The van der Waals surface area contributed by atoms with Gasteiger partial charge in [0.1, 0.15) is 0 Å². The van der Waals surface area contributed by atoms with Gasteiger partial charge in [0.2, 0.25) is 0 Å². The van der Waals surface area contributed by atoms with E-state index in [1.165, 1.54) is 32.1 Å². The smallest absolute Gasteiger partial charge is 0.191 e. The molecule has 0 spiro atoms. The molecule has 3 N–H and O–H groups in total. The van der Waals surface area contributed by atoms with E-state index in [0.717, 1.165) is 37.6 Å². The van der Waals surface area contributed by atoms with Gasteiger partial charge in [0.25, 0.3) is 0 Å². The molecule has 1 fully saturated rings. The standard InChI is InChI=1S/C23H39N3O3.HI/c1-3-24-23(25-15-10-16-28-22-13-8-5-9-14-22)26-17-21(27)18-29-19(2)20-11-6-4-7-12-20;/h4,6-7,11-12,19,21-22,27H,3,5,8-10,13-18H2,1-2H3,(H2,24,25,26);1H. The number of halogens is 1. The molecule has 6 nitrogen and oxygen atoms in total. The van der Waals surface area contributed by atoms with Crippen molar-refractivity contribution >= 4 is 29.9 Å². The minimum absolute atomic E-state index is 0. The van der Waals surface area contributed by atoms with E-state index in [1.54, 1.807) is 0 Å². The molecule has 7 heteroatoms. The lowest BCUT2D eigenvalue weighted by Gasteiger charge is -2.22. The van der Waals surface area contributed by atoms with Crippen LogP contribution in [0.25, 0.3) is 0 Å². The molecule has 2 unspecified atom stereocenters. The van der Waals surface area contributed by atoms with Crippen LogP contribution >= 0.6 is 24.0 Å². The van der Waals surface area contributed by atoms with Crippen LogP contribution in [0, 0.1) is 0 Å². The Kier molecular flexibility index (Phi) is 15.2. The Bertz CT molecular complexity index is 568. The van der Waals surface area contributed by atoms with Gasteiger partial charge < -0.3 is 25.2 Å². The van der Waals surface area contributed by atoms with Crippen molar-refractivity contribution in [3.8, 4) is 0 Å². The zero-order chi connectivity index (χ0) is 20.7. The Morgan fingerprint density at radius 2 is 1.90 bits per heavy atom. The lowest BCUT2D eigenvalue weighted by atomic mass is 9.98. The summed E-state index contributed by atoms with van der Waals surface area (Å²) >= 11 is 0. The van der Waals surface area contributed by atoms with E-state index in [0.29, 0.717) is 12.6 Å². The fraction of sp³-hybridized carbons (Fsp3) is 0.696. The molecule has 0 aliphatic heterocycles. The summed E-state index contributed by atoms with van der Waals surface area (Å²) in [6.07, 6.45) is 7.09. The number of aliphatic hydroxyl groups is 1. The Morgan fingerprint density at radius 1 is 1.17 bits per heavy atom. The predicted molar refractivity (Wildman–Crippen MR) is 134 cm³/mol. The van der Waals surface area contributed by atoms with Crippen LogP contribution in [0.15, 0.2) is 35.3 Å². The molecule has 2 atom stereocenters. The van der Waals surface area contributed by atoms with Crippen molar-refractivity contribution in [2.45, 2.75) is 70.7 Å². The van der Waals surface area contributed by atoms with Crippen molar-refractivity contribution in [3.05, 3.63) is 35.9 Å². The number of nitrogens with one attached hydrogen (secondary N) is 2. The average molecular weight is 533 g/mol. The zero-order valence-corrected chi connectivity index (χ0v) is 20.8. The van der Waals surface area contributed by atoms with E-state index in [-0.39, 0.29) is 36.7 Å². The van der Waals surface area contributed by atoms with Gasteiger partial charge >= 0.3 is 0 Å². The first-order valence-electron chi connectivity index (χ1n) is 11.2. The third kappa shape index (κ3) is 11.5. The first kappa shape index (κ1) is 27.1. The van der Waals surface area contributed by atoms with E-state index >= 15 is 0 Å². The summed E-state index contributed by atoms with van der Waals surface area (Å²) in [4.78, 5) is 4.48. The molecular weight excluding hydrogens is 493 g/mol. The number of rotatable bonds is 12. The first-order chi connectivity index (χ1) is 14.2. The summed E-state index contributed by atoms with van der Waals surface area (Å²) in [5.74, 6) is 0.723. The molecule has 1 saturated carbocycles. The molecular formula is C23H40IN3O3. The summed E-state index contributed by atoms with van der Waals surface area (Å²) in [5.41, 5.74) is 1.11. The summed E-state index contributed by atoms with van der Waals surface area (Å²) < 4.78 is 11.7. The zero-order valence-electron chi connectivity index (χ0n) is 18.5. The maximum Gasteiger partial charge on any atom is 0.191 e. The second-order valence-corrected chi connectivity index (χ2v) is 7.67. The van der Waals surface area contributed by atoms with Gasteiger partial charge in [-0.05, 0) is 38.7 Å². The summed E-state index contributed by atoms with van der Waals surface area (Å²) in [5, 5.41) is 16.7. The molecule has 172 valence electrons. The van der Waals surface area contributed by atoms with Gasteiger partial charge in [-0.3, -0.25) is 4.99 Å². The van der Waals surface area contributed by atoms with Crippen molar-refractivity contribution in [2.75, 3.05) is 32.8 Å². The van der Waals surface area contributed by atoms with Crippen molar-refractivity contribution in [3.63, 3.8) is 0 Å². The molecule has 0 radical (unpaired) electrons. The molecule has 30 heavy (non-hydrogen) atoms. The number of hydrogen-bond donors (Lipinski definition) is 3. The van der Waals surface area contributed by atoms with Gasteiger partial charge in [-0.2, -0.15) is 0 Å². The average Bonchev–Trinajstić information content (AvgIpc) is 2.76. The van der Waals surface area contributed by atoms with Gasteiger partial charge in [-0.1, -0.05) is 49.6 Å². The van der Waals surface area contributed by atoms with Gasteiger partial charge in [0.05, 0.1) is 31.5 Å². The highest BCUT2D eigenvalue weighted by Gasteiger charge is 2.13. The quantitative estimate of drug-likeness (QED) is 0.164. The van der Waals surface area contributed by atoms with E-state index in [4.69, 9.17) is 9.47 Å². The molecule has 0 bridgehead atoms. The van der Waals surface area contributed by atoms with Crippen LogP contribution in [-0.4, -0.2) is 56.1 Å². The minimum Gasteiger partial charge on any atom is -0.389 e. The van der Waals surface area contributed by atoms with Crippen LogP contribution < -0.4 is 10.6 Å². The van der Waals surface area contributed by atoms with Crippen molar-refractivity contribution in [1.29, 1.82) is 0 Å². The molecule has 1 aliphatic rings. The maximum atomic E-state index is 10.2. The number of nitrogens with zero attached hydrogens (tertiary/aromatic N) is 1. The predicted octanol–water partition coefficient (Wildman–Crippen LogP) is 4.04. The Labute approximate surface area is 199 Å². The Morgan fingerprint density at radius 3 is 2.60 bits per heavy atom. The van der Waals surface area contributed by atoms with Gasteiger partial charge in [0.15, 0.2) is 5.96 Å². The monoisotopic (exact) mass is 533 g/mol. The Hall–Kier alpha value is -0.900. The van der Waals surface area contributed by atoms with Crippen molar-refractivity contribution in [2.24, 2.45) is 4.99 Å². The highest BCUT2D eigenvalue weighted by atomic mass is 127. The third-order valence-corrected chi connectivity index (χ3v) is 5.13. The normalized spacial score (nSPS) is 17.1. The van der Waals surface area contributed by atoms with Crippen molar-refractivity contribution < 1.29 is 14.6 Å². The number of aliphatic hydroxyl groups excluding tert-OH is 1. The van der Waals surface area contributed by atoms with Crippen LogP contribution in [0.5, 0.6) is 0 Å². The molecule has 0 heterocycles. The van der Waals surface area contributed by atoms with Crippen molar-refractivity contribution in [1.82, 2.24) is 10.6 Å². The highest BCUT2D eigenvalue weighted by Crippen LogP contribution is 2.20. The van der Waals surface area contributed by atoms with E-state index in [9.17, 15) is 5.11 Å². The van der Waals surface area contributed by atoms with Gasteiger partial charge in [-0.15, -0.1) is 24.0 Å². The number of ether oxygens (including phenoxy) is 2. The lowest BCUT2D eigenvalue weighted by molar-refractivity contribution is 0.00111. The second kappa shape index (κ2) is 16.8. The SMILES string of the molecule is CCNC(=NCC(O)COC(C)c1ccccc1)NCCCOC1CCCCC1.I. The number of aliphatic imine (C=N–C) groups is 1. The molecule has 0 aromatic heterocycles. The summed E-state index contributed by atoms with van der Waals surface area (Å²) in [6.45, 7) is 6.95. The van der Waals surface area contributed by atoms with Crippen LogP contribution in [0.4, 0.5) is 0 Å². The van der Waals surface area contributed by atoms with Crippen LogP contribution in [0.3, 0.4) is 0 Å². The first-order valence-corrected chi connectivity index (χ1v) is 11.2. The molecule has 0 saturated heterocycles. The third-order valence-electron chi connectivity index (χ3n) is 5.13. The molecule has 1 aromatic carbocycles. The minimum atomic E-state index is -0.633. The number of hydrogen-bond acceptors (Lipinski definition) is 4. The van der Waals surface area contributed by atoms with Crippen LogP contribution in [0.1, 0.15) is 64.0 Å². The molecule has 1 aromatic rings. The topological polar surface area (TPSA) is 75.1 Å².